The number of nitrogens with zero attached hydrogens (tertiary/aromatic N) is 2. The fourth-order valence-electron chi connectivity index (χ4n) is 3.17. The molecule has 0 aliphatic rings. The largest absolute Gasteiger partial charge is 0.364 e. The van der Waals surface area contributed by atoms with E-state index in [1.54, 1.807) is 0 Å². The minimum atomic E-state index is -1.77. The molecule has 0 saturated heterocycles. The molecular weight excluding hydrogens is 382 g/mol. The lowest BCUT2D eigenvalue weighted by atomic mass is 10.1. The summed E-state index contributed by atoms with van der Waals surface area (Å²) in [5.74, 6) is 0. The molecule has 0 unspecified atom stereocenters. The first-order chi connectivity index (χ1) is 14.0. The van der Waals surface area contributed by atoms with Crippen molar-refractivity contribution in [3.63, 3.8) is 0 Å². The number of benzene rings is 3. The lowest BCUT2D eigenvalue weighted by Crippen LogP contribution is -2.00. The topological polar surface area (TPSA) is 121 Å². The molecule has 3 aromatic carbocycles. The molecule has 4 rings (SSSR count). The monoisotopic (exact) mass is 405 g/mol. The van der Waals surface area contributed by atoms with E-state index in [2.05, 4.69) is 15.2 Å². The van der Waals surface area contributed by atoms with Gasteiger partial charge < -0.3 is 25.4 Å². The first-order valence-electron chi connectivity index (χ1n) is 8.98. The van der Waals surface area contributed by atoms with Gasteiger partial charge in [-0.25, -0.2) is 0 Å². The molecule has 0 radical (unpaired) electrons. The number of para-hydroxylation sites is 1. The molecule has 0 bridgehead atoms. The number of nitrogens with one attached hydrogen (secondary N) is 1. The summed E-state index contributed by atoms with van der Waals surface area (Å²) in [7, 11) is 0. The number of aliphatic hydroxyl groups excluding tert-OH is 2. The highest BCUT2D eigenvalue weighted by molar-refractivity contribution is 5.99. The summed E-state index contributed by atoms with van der Waals surface area (Å²) in [6, 6.07) is 21.6. The highest BCUT2D eigenvalue weighted by atomic mass is 16.5. The maximum absolute atomic E-state index is 9.46. The summed E-state index contributed by atoms with van der Waals surface area (Å²) < 4.78 is 0. The zero-order valence-electron chi connectivity index (χ0n) is 15.3. The lowest BCUT2D eigenvalue weighted by Gasteiger charge is -2.09. The van der Waals surface area contributed by atoms with Gasteiger partial charge in [0.05, 0.1) is 11.4 Å². The molecule has 1 heterocycles. The van der Waals surface area contributed by atoms with E-state index >= 15 is 0 Å². The van der Waals surface area contributed by atoms with Crippen molar-refractivity contribution in [2.45, 2.75) is 20.0 Å². The van der Waals surface area contributed by atoms with Crippen LogP contribution in [-0.2, 0) is 0 Å². The van der Waals surface area contributed by atoms with E-state index in [0.29, 0.717) is 5.69 Å². The molecule has 0 aliphatic heterocycles. The normalized spacial score (nSPS) is 11.5. The molecule has 0 atom stereocenters. The SMILES string of the molecule is C.OC(O)c1cc(N=Nc2c(-c3ccccc3)[nH]c3ccccc23)cc(C(O)O)c1. The molecular formula is C23H23N3O4. The van der Waals surface area contributed by atoms with Crippen LogP contribution in [0.15, 0.2) is 83.0 Å². The van der Waals surface area contributed by atoms with E-state index < -0.39 is 12.6 Å². The number of hydrogen-bond acceptors (Lipinski definition) is 6. The van der Waals surface area contributed by atoms with Gasteiger partial charge >= 0.3 is 0 Å². The van der Waals surface area contributed by atoms with Crippen molar-refractivity contribution in [2.24, 2.45) is 10.2 Å². The first kappa shape index (κ1) is 21.4. The molecule has 0 saturated carbocycles. The minimum Gasteiger partial charge on any atom is -0.364 e. The van der Waals surface area contributed by atoms with Crippen molar-refractivity contribution in [1.29, 1.82) is 0 Å². The van der Waals surface area contributed by atoms with E-state index in [4.69, 9.17) is 0 Å². The maximum atomic E-state index is 9.46. The Morgan fingerprint density at radius 2 is 1.30 bits per heavy atom. The smallest absolute Gasteiger partial charge is 0.178 e. The van der Waals surface area contributed by atoms with Gasteiger partial charge in [0.25, 0.3) is 0 Å². The van der Waals surface area contributed by atoms with E-state index in [1.165, 1.54) is 18.2 Å². The number of aromatic nitrogens is 1. The molecule has 7 nitrogen and oxygen atoms in total. The van der Waals surface area contributed by atoms with Gasteiger partial charge in [-0.15, -0.1) is 5.11 Å². The first-order valence-corrected chi connectivity index (χ1v) is 8.98. The van der Waals surface area contributed by atoms with Crippen LogP contribution in [0.4, 0.5) is 11.4 Å². The van der Waals surface area contributed by atoms with Gasteiger partial charge in [0.15, 0.2) is 12.6 Å². The van der Waals surface area contributed by atoms with Gasteiger partial charge in [0.1, 0.15) is 5.69 Å². The predicted octanol–water partition coefficient (Wildman–Crippen LogP) is 4.85. The number of hydrogen-bond donors (Lipinski definition) is 5. The number of rotatable bonds is 5. The van der Waals surface area contributed by atoms with Gasteiger partial charge in [-0.1, -0.05) is 56.0 Å². The number of azo groups is 1. The van der Waals surface area contributed by atoms with Crippen LogP contribution >= 0.6 is 0 Å². The van der Waals surface area contributed by atoms with Crippen molar-refractivity contribution in [2.75, 3.05) is 0 Å². The molecule has 0 amide bonds. The molecule has 0 aliphatic carbocycles. The predicted molar refractivity (Wildman–Crippen MR) is 115 cm³/mol. The Balaban J connectivity index is 0.00000256. The van der Waals surface area contributed by atoms with Gasteiger partial charge in [-0.05, 0) is 24.3 Å². The summed E-state index contributed by atoms with van der Waals surface area (Å²) >= 11 is 0. The Morgan fingerprint density at radius 3 is 1.93 bits per heavy atom. The van der Waals surface area contributed by atoms with Crippen LogP contribution < -0.4 is 0 Å². The van der Waals surface area contributed by atoms with Crippen molar-refractivity contribution >= 4 is 22.3 Å². The third-order valence-electron chi connectivity index (χ3n) is 4.57. The van der Waals surface area contributed by atoms with Crippen molar-refractivity contribution in [3.05, 3.63) is 83.9 Å². The van der Waals surface area contributed by atoms with Crippen LogP contribution in [0.2, 0.25) is 0 Å². The Hall–Kier alpha value is -3.36. The molecule has 7 heteroatoms. The summed E-state index contributed by atoms with van der Waals surface area (Å²) in [5.41, 5.74) is 3.74. The number of H-pyrrole nitrogens is 1. The fraction of sp³-hybridized carbons (Fsp3) is 0.130. The zero-order valence-corrected chi connectivity index (χ0v) is 15.3. The second kappa shape index (κ2) is 8.98. The van der Waals surface area contributed by atoms with E-state index in [0.717, 1.165) is 22.2 Å². The quantitative estimate of drug-likeness (QED) is 0.241. The fourth-order valence-corrected chi connectivity index (χ4v) is 3.17. The number of aromatic amines is 1. The van der Waals surface area contributed by atoms with E-state index in [-0.39, 0.29) is 24.2 Å². The van der Waals surface area contributed by atoms with Crippen LogP contribution in [-0.4, -0.2) is 25.4 Å². The highest BCUT2D eigenvalue weighted by Gasteiger charge is 2.14. The van der Waals surface area contributed by atoms with Crippen molar-refractivity contribution < 1.29 is 20.4 Å². The zero-order chi connectivity index (χ0) is 20.4. The average molecular weight is 405 g/mol. The molecule has 0 fully saturated rings. The second-order valence-corrected chi connectivity index (χ2v) is 6.57. The minimum absolute atomic E-state index is 0. The highest BCUT2D eigenvalue weighted by Crippen LogP contribution is 2.38. The Kier molecular flexibility index (Phi) is 6.39. The van der Waals surface area contributed by atoms with Crippen LogP contribution in [0.3, 0.4) is 0 Å². The standard InChI is InChI=1S/C22H19N3O4.CH4/c26-21(27)14-10-15(22(28)29)12-16(11-14)24-25-20-17-8-4-5-9-18(17)23-19(20)13-6-2-1-3-7-13;/h1-12,21-23,26-29H;1H4. The van der Waals surface area contributed by atoms with Crippen molar-refractivity contribution in [1.82, 2.24) is 4.98 Å². The van der Waals surface area contributed by atoms with Crippen LogP contribution in [0.25, 0.3) is 22.2 Å². The van der Waals surface area contributed by atoms with Gasteiger partial charge in [-0.3, -0.25) is 0 Å². The Morgan fingerprint density at radius 1 is 0.700 bits per heavy atom. The van der Waals surface area contributed by atoms with Crippen LogP contribution in [0.5, 0.6) is 0 Å². The van der Waals surface area contributed by atoms with Gasteiger partial charge in [0.2, 0.25) is 0 Å². The number of aliphatic hydroxyl groups is 4. The average Bonchev–Trinajstić information content (AvgIpc) is 3.11. The lowest BCUT2D eigenvalue weighted by molar-refractivity contribution is -0.0474. The number of fused-ring (bicyclic) bond motifs is 1. The van der Waals surface area contributed by atoms with E-state index in [1.807, 2.05) is 54.6 Å². The third kappa shape index (κ3) is 4.29. The van der Waals surface area contributed by atoms with Crippen LogP contribution in [0.1, 0.15) is 31.1 Å². The molecule has 1 aromatic heterocycles. The van der Waals surface area contributed by atoms with E-state index in [9.17, 15) is 20.4 Å². The van der Waals surface area contributed by atoms with Crippen LogP contribution in [0, 0.1) is 0 Å². The summed E-state index contributed by atoms with van der Waals surface area (Å²) in [6.45, 7) is 0. The Bertz CT molecular complexity index is 1140. The molecule has 30 heavy (non-hydrogen) atoms. The molecule has 154 valence electrons. The molecule has 0 spiro atoms. The van der Waals surface area contributed by atoms with Crippen molar-refractivity contribution in [3.8, 4) is 11.3 Å². The second-order valence-electron chi connectivity index (χ2n) is 6.57. The molecule has 4 aromatic rings. The van der Waals surface area contributed by atoms with Gasteiger partial charge in [-0.2, -0.15) is 5.11 Å². The Labute approximate surface area is 173 Å². The molecule has 5 N–H and O–H groups in total. The summed E-state index contributed by atoms with van der Waals surface area (Å²) in [6.07, 6.45) is -3.54. The summed E-state index contributed by atoms with van der Waals surface area (Å²) in [4.78, 5) is 3.36. The summed E-state index contributed by atoms with van der Waals surface area (Å²) in [5, 5.41) is 47.3. The van der Waals surface area contributed by atoms with Gasteiger partial charge in [0, 0.05) is 27.6 Å². The maximum Gasteiger partial charge on any atom is 0.178 e. The third-order valence-corrected chi connectivity index (χ3v) is 4.57.